The van der Waals surface area contributed by atoms with Crippen molar-refractivity contribution >= 4 is 11.6 Å². The summed E-state index contributed by atoms with van der Waals surface area (Å²) in [6.07, 6.45) is 0. The maximum Gasteiger partial charge on any atom is 0.253 e. The third-order valence-corrected chi connectivity index (χ3v) is 4.64. The number of rotatable bonds is 4. The van der Waals surface area contributed by atoms with Gasteiger partial charge in [0.2, 0.25) is 0 Å². The van der Waals surface area contributed by atoms with Gasteiger partial charge in [-0.05, 0) is 30.3 Å². The number of benzene rings is 2. The quantitative estimate of drug-likeness (QED) is 0.856. The molecule has 0 atom stereocenters. The Hall–Kier alpha value is -2.40. The number of carbonyl (C=O) groups excluding carboxylic acids is 1. The Morgan fingerprint density at radius 3 is 2.24 bits per heavy atom. The molecule has 0 unspecified atom stereocenters. The molecule has 0 radical (unpaired) electrons. The molecule has 5 heteroatoms. The number of anilines is 1. The lowest BCUT2D eigenvalue weighted by atomic mass is 10.1. The second-order valence-electron chi connectivity index (χ2n) is 6.60. The summed E-state index contributed by atoms with van der Waals surface area (Å²) in [7, 11) is 3.96. The van der Waals surface area contributed by atoms with Crippen molar-refractivity contribution in [2.24, 2.45) is 0 Å². The standard InChI is InChI=1S/C20H24FN3O/c1-22(2)18-9-7-16(8-10-18)20(25)24-13-11-23(12-14-24)15-17-5-3-4-6-19(17)21/h3-10H,11-15H2,1-2H3. The predicted molar refractivity (Wildman–Crippen MR) is 98.3 cm³/mol. The van der Waals surface area contributed by atoms with Crippen molar-refractivity contribution in [2.75, 3.05) is 45.2 Å². The SMILES string of the molecule is CN(C)c1ccc(C(=O)N2CCN(Cc3ccccc3F)CC2)cc1. The van der Waals surface area contributed by atoms with Gasteiger partial charge in [-0.15, -0.1) is 0 Å². The smallest absolute Gasteiger partial charge is 0.253 e. The van der Waals surface area contributed by atoms with E-state index in [0.717, 1.165) is 18.8 Å². The predicted octanol–water partition coefficient (Wildman–Crippen LogP) is 2.85. The van der Waals surface area contributed by atoms with E-state index >= 15 is 0 Å². The molecule has 1 aliphatic rings. The van der Waals surface area contributed by atoms with Gasteiger partial charge in [0.15, 0.2) is 0 Å². The van der Waals surface area contributed by atoms with Crippen LogP contribution in [0.5, 0.6) is 0 Å². The summed E-state index contributed by atoms with van der Waals surface area (Å²) in [6.45, 7) is 3.45. The van der Waals surface area contributed by atoms with E-state index in [-0.39, 0.29) is 11.7 Å². The van der Waals surface area contributed by atoms with E-state index < -0.39 is 0 Å². The normalized spacial score (nSPS) is 15.2. The Labute approximate surface area is 148 Å². The minimum absolute atomic E-state index is 0.0656. The molecule has 0 spiro atoms. The van der Waals surface area contributed by atoms with Crippen LogP contribution in [0.25, 0.3) is 0 Å². The molecule has 25 heavy (non-hydrogen) atoms. The van der Waals surface area contributed by atoms with Crippen LogP contribution in [0, 0.1) is 5.82 Å². The summed E-state index contributed by atoms with van der Waals surface area (Å²) in [4.78, 5) is 18.7. The van der Waals surface area contributed by atoms with Crippen LogP contribution in [-0.2, 0) is 6.54 Å². The van der Waals surface area contributed by atoms with Gasteiger partial charge in [-0.1, -0.05) is 18.2 Å². The molecule has 1 saturated heterocycles. The minimum Gasteiger partial charge on any atom is -0.378 e. The summed E-state index contributed by atoms with van der Waals surface area (Å²) >= 11 is 0. The van der Waals surface area contributed by atoms with Gasteiger partial charge in [0.25, 0.3) is 5.91 Å². The number of nitrogens with zero attached hydrogens (tertiary/aromatic N) is 3. The third kappa shape index (κ3) is 4.17. The monoisotopic (exact) mass is 341 g/mol. The summed E-state index contributed by atoms with van der Waals surface area (Å²) < 4.78 is 13.8. The zero-order chi connectivity index (χ0) is 17.8. The first-order chi connectivity index (χ1) is 12.0. The number of carbonyl (C=O) groups is 1. The topological polar surface area (TPSA) is 26.8 Å². The Morgan fingerprint density at radius 2 is 1.64 bits per heavy atom. The van der Waals surface area contributed by atoms with Crippen LogP contribution in [0.3, 0.4) is 0 Å². The van der Waals surface area contributed by atoms with Crippen LogP contribution in [-0.4, -0.2) is 56.0 Å². The molecule has 4 nitrogen and oxygen atoms in total. The maximum atomic E-state index is 13.8. The third-order valence-electron chi connectivity index (χ3n) is 4.64. The molecule has 132 valence electrons. The highest BCUT2D eigenvalue weighted by Gasteiger charge is 2.22. The highest BCUT2D eigenvalue weighted by atomic mass is 19.1. The summed E-state index contributed by atoms with van der Waals surface area (Å²) in [5.74, 6) is -0.0992. The largest absolute Gasteiger partial charge is 0.378 e. The van der Waals surface area contributed by atoms with E-state index in [4.69, 9.17) is 0 Å². The minimum atomic E-state index is -0.165. The van der Waals surface area contributed by atoms with Crippen LogP contribution in [0.1, 0.15) is 15.9 Å². The van der Waals surface area contributed by atoms with Gasteiger partial charge < -0.3 is 9.80 Å². The zero-order valence-electron chi connectivity index (χ0n) is 14.8. The number of halogens is 1. The summed E-state index contributed by atoms with van der Waals surface area (Å²) in [5.41, 5.74) is 2.50. The van der Waals surface area contributed by atoms with Crippen molar-refractivity contribution in [1.82, 2.24) is 9.80 Å². The molecular weight excluding hydrogens is 317 g/mol. The first kappa shape index (κ1) is 17.4. The van der Waals surface area contributed by atoms with E-state index in [2.05, 4.69) is 4.90 Å². The van der Waals surface area contributed by atoms with Crippen LogP contribution < -0.4 is 4.90 Å². The highest BCUT2D eigenvalue weighted by Crippen LogP contribution is 2.16. The van der Waals surface area contributed by atoms with Gasteiger partial charge in [0.05, 0.1) is 0 Å². The number of hydrogen-bond acceptors (Lipinski definition) is 3. The van der Waals surface area contributed by atoms with E-state index in [9.17, 15) is 9.18 Å². The second kappa shape index (κ2) is 7.66. The van der Waals surface area contributed by atoms with E-state index in [1.165, 1.54) is 6.07 Å². The van der Waals surface area contributed by atoms with E-state index in [1.54, 1.807) is 6.07 Å². The van der Waals surface area contributed by atoms with Crippen molar-refractivity contribution in [1.29, 1.82) is 0 Å². The fraction of sp³-hybridized carbons (Fsp3) is 0.350. The van der Waals surface area contributed by atoms with Crippen LogP contribution in [0.2, 0.25) is 0 Å². The van der Waals surface area contributed by atoms with Gasteiger partial charge in [-0.25, -0.2) is 4.39 Å². The Bertz CT molecular complexity index is 722. The lowest BCUT2D eigenvalue weighted by Gasteiger charge is -2.35. The first-order valence-corrected chi connectivity index (χ1v) is 8.57. The van der Waals surface area contributed by atoms with Gasteiger partial charge in [0, 0.05) is 63.6 Å². The second-order valence-corrected chi connectivity index (χ2v) is 6.60. The van der Waals surface area contributed by atoms with Gasteiger partial charge in [0.1, 0.15) is 5.82 Å². The molecule has 1 heterocycles. The average molecular weight is 341 g/mol. The van der Waals surface area contributed by atoms with Crippen LogP contribution >= 0.6 is 0 Å². The summed E-state index contributed by atoms with van der Waals surface area (Å²) in [5, 5.41) is 0. The molecule has 2 aromatic rings. The highest BCUT2D eigenvalue weighted by molar-refractivity contribution is 5.94. The van der Waals surface area contributed by atoms with Crippen molar-refractivity contribution in [3.63, 3.8) is 0 Å². The maximum absolute atomic E-state index is 13.8. The molecule has 3 rings (SSSR count). The molecule has 0 aromatic heterocycles. The molecule has 0 saturated carbocycles. The van der Waals surface area contributed by atoms with Crippen molar-refractivity contribution < 1.29 is 9.18 Å². The average Bonchev–Trinajstić information content (AvgIpc) is 2.64. The van der Waals surface area contributed by atoms with E-state index in [0.29, 0.717) is 30.8 Å². The Morgan fingerprint density at radius 1 is 1.00 bits per heavy atom. The fourth-order valence-electron chi connectivity index (χ4n) is 3.06. The summed E-state index contributed by atoms with van der Waals surface area (Å²) in [6, 6.07) is 14.5. The molecule has 1 amide bonds. The number of amides is 1. The molecule has 0 N–H and O–H groups in total. The molecule has 1 fully saturated rings. The lowest BCUT2D eigenvalue weighted by Crippen LogP contribution is -2.48. The van der Waals surface area contributed by atoms with Crippen LogP contribution in [0.4, 0.5) is 10.1 Å². The molecule has 1 aliphatic heterocycles. The van der Waals surface area contributed by atoms with Crippen LogP contribution in [0.15, 0.2) is 48.5 Å². The van der Waals surface area contributed by atoms with Gasteiger partial charge in [-0.2, -0.15) is 0 Å². The Kier molecular flexibility index (Phi) is 5.34. The number of hydrogen-bond donors (Lipinski definition) is 0. The van der Waals surface area contributed by atoms with Gasteiger partial charge in [-0.3, -0.25) is 9.69 Å². The molecule has 2 aromatic carbocycles. The molecular formula is C20H24FN3O. The zero-order valence-corrected chi connectivity index (χ0v) is 14.8. The van der Waals surface area contributed by atoms with E-state index in [1.807, 2.05) is 60.3 Å². The van der Waals surface area contributed by atoms with Crippen molar-refractivity contribution in [3.05, 3.63) is 65.5 Å². The lowest BCUT2D eigenvalue weighted by molar-refractivity contribution is 0.0627. The molecule has 0 aliphatic carbocycles. The van der Waals surface area contributed by atoms with Crippen molar-refractivity contribution in [2.45, 2.75) is 6.54 Å². The first-order valence-electron chi connectivity index (χ1n) is 8.57. The Balaban J connectivity index is 1.56. The number of piperazine rings is 1. The van der Waals surface area contributed by atoms with Crippen molar-refractivity contribution in [3.8, 4) is 0 Å². The fourth-order valence-corrected chi connectivity index (χ4v) is 3.06. The van der Waals surface area contributed by atoms with Gasteiger partial charge >= 0.3 is 0 Å². The molecule has 0 bridgehead atoms.